The number of rotatable bonds is 6. The molecule has 1 saturated heterocycles. The van der Waals surface area contributed by atoms with E-state index in [-0.39, 0.29) is 30.4 Å². The van der Waals surface area contributed by atoms with Crippen molar-refractivity contribution in [1.29, 1.82) is 5.41 Å². The first-order valence-corrected chi connectivity index (χ1v) is 10.8. The minimum Gasteiger partial charge on any atom is -0.483 e. The van der Waals surface area contributed by atoms with Gasteiger partial charge in [-0.3, -0.25) is 14.5 Å². The smallest absolute Gasteiger partial charge is 0.410 e. The van der Waals surface area contributed by atoms with Crippen molar-refractivity contribution in [3.8, 4) is 0 Å². The third-order valence-electron chi connectivity index (χ3n) is 4.80. The maximum absolute atomic E-state index is 12.6. The van der Waals surface area contributed by atoms with Crippen molar-refractivity contribution in [1.82, 2.24) is 4.90 Å². The second-order valence-electron chi connectivity index (χ2n) is 7.00. The van der Waals surface area contributed by atoms with Gasteiger partial charge in [-0.1, -0.05) is 48.0 Å². The van der Waals surface area contributed by atoms with Gasteiger partial charge in [-0.15, -0.1) is 0 Å². The molecule has 2 aromatic rings. The monoisotopic (exact) mass is 432 g/mol. The zero-order valence-corrected chi connectivity index (χ0v) is 17.6. The molecule has 2 aromatic carbocycles. The normalized spacial score (nSPS) is 18.8. The summed E-state index contributed by atoms with van der Waals surface area (Å²) in [5.74, 6) is -0.162. The zero-order chi connectivity index (χ0) is 21.7. The van der Waals surface area contributed by atoms with Crippen molar-refractivity contribution in [3.63, 3.8) is 0 Å². The number of hydrogen-bond donors (Lipinski definition) is 1. The zero-order valence-electron chi connectivity index (χ0n) is 16.8. The molecule has 1 fully saturated rings. The van der Waals surface area contributed by atoms with Crippen LogP contribution in [0.25, 0.3) is 0 Å². The molecular weight excluding hydrogens is 408 g/mol. The number of ether oxygens (including phenoxy) is 2. The molecular formula is C21H24N2O6S. The van der Waals surface area contributed by atoms with Crippen LogP contribution in [-0.4, -0.2) is 51.1 Å². The van der Waals surface area contributed by atoms with Gasteiger partial charge in [0, 0.05) is 6.42 Å². The summed E-state index contributed by atoms with van der Waals surface area (Å²) in [5, 5.41) is 7.99. The fourth-order valence-electron chi connectivity index (χ4n) is 3.20. The van der Waals surface area contributed by atoms with Crippen LogP contribution in [0.15, 0.2) is 59.5 Å². The standard InChI is InChI=1S/C21H24N2O6S/c1-15-8-10-18(11-9-15)30(25,26)29-17-12-19(20(22)27-2)23(13-17)21(24)28-14-16-6-4-3-5-7-16/h3-11,17,19,22H,12-14H2,1-2H3/t17-,19+/m1/s1. The topological polar surface area (TPSA) is 106 Å². The van der Waals surface area contributed by atoms with Gasteiger partial charge in [0.2, 0.25) is 5.90 Å². The van der Waals surface area contributed by atoms with Crippen molar-refractivity contribution < 1.29 is 26.9 Å². The van der Waals surface area contributed by atoms with E-state index in [9.17, 15) is 13.2 Å². The first-order valence-electron chi connectivity index (χ1n) is 9.40. The Morgan fingerprint density at radius 3 is 2.43 bits per heavy atom. The summed E-state index contributed by atoms with van der Waals surface area (Å²) in [6.07, 6.45) is -1.37. The molecule has 160 valence electrons. The minimum atomic E-state index is -4.01. The Morgan fingerprint density at radius 2 is 1.80 bits per heavy atom. The maximum atomic E-state index is 12.6. The van der Waals surface area contributed by atoms with E-state index in [1.807, 2.05) is 37.3 Å². The third-order valence-corrected chi connectivity index (χ3v) is 6.17. The number of amides is 1. The molecule has 3 rings (SSSR count). The summed E-state index contributed by atoms with van der Waals surface area (Å²) in [5.41, 5.74) is 1.74. The molecule has 0 radical (unpaired) electrons. The Bertz CT molecular complexity index is 992. The second-order valence-corrected chi connectivity index (χ2v) is 8.57. The summed E-state index contributed by atoms with van der Waals surface area (Å²) in [6.45, 7) is 1.89. The third kappa shape index (κ3) is 5.17. The fourth-order valence-corrected chi connectivity index (χ4v) is 4.27. The molecule has 9 heteroatoms. The van der Waals surface area contributed by atoms with Gasteiger partial charge < -0.3 is 9.47 Å². The number of methoxy groups -OCH3 is 1. The largest absolute Gasteiger partial charge is 0.483 e. The summed E-state index contributed by atoms with van der Waals surface area (Å²) in [6, 6.07) is 14.7. The van der Waals surface area contributed by atoms with E-state index in [1.165, 1.54) is 24.1 Å². The average molecular weight is 432 g/mol. The highest BCUT2D eigenvalue weighted by Crippen LogP contribution is 2.26. The van der Waals surface area contributed by atoms with E-state index < -0.39 is 28.4 Å². The Morgan fingerprint density at radius 1 is 1.13 bits per heavy atom. The Hall–Kier alpha value is -2.91. The molecule has 0 aliphatic carbocycles. The number of carbonyl (C=O) groups is 1. The lowest BCUT2D eigenvalue weighted by Gasteiger charge is -2.23. The first kappa shape index (κ1) is 21.8. The molecule has 8 nitrogen and oxygen atoms in total. The SMILES string of the molecule is COC(=N)[C@@H]1C[C@@H](OS(=O)(=O)c2ccc(C)cc2)CN1C(=O)OCc1ccccc1. The van der Waals surface area contributed by atoms with Gasteiger partial charge in [0.15, 0.2) is 0 Å². The summed E-state index contributed by atoms with van der Waals surface area (Å²) in [7, 11) is -2.68. The summed E-state index contributed by atoms with van der Waals surface area (Å²) < 4.78 is 40.9. The van der Waals surface area contributed by atoms with E-state index in [2.05, 4.69) is 0 Å². The van der Waals surface area contributed by atoms with Gasteiger partial charge in [0.05, 0.1) is 24.7 Å². The molecule has 1 heterocycles. The van der Waals surface area contributed by atoms with Crippen LogP contribution in [0.2, 0.25) is 0 Å². The van der Waals surface area contributed by atoms with Crippen molar-refractivity contribution in [2.75, 3.05) is 13.7 Å². The van der Waals surface area contributed by atoms with Gasteiger partial charge in [0.1, 0.15) is 12.6 Å². The number of carbonyl (C=O) groups excluding carboxylic acids is 1. The van der Waals surface area contributed by atoms with Crippen LogP contribution in [0.4, 0.5) is 4.79 Å². The molecule has 0 saturated carbocycles. The molecule has 1 aliphatic heterocycles. The predicted molar refractivity (Wildman–Crippen MR) is 110 cm³/mol. The maximum Gasteiger partial charge on any atom is 0.410 e. The van der Waals surface area contributed by atoms with Gasteiger partial charge >= 0.3 is 6.09 Å². The minimum absolute atomic E-state index is 0.0326. The number of nitrogens with zero attached hydrogens (tertiary/aromatic N) is 1. The summed E-state index contributed by atoms with van der Waals surface area (Å²) >= 11 is 0. The van der Waals surface area contributed by atoms with Crippen LogP contribution in [0.5, 0.6) is 0 Å². The predicted octanol–water partition coefficient (Wildman–Crippen LogP) is 3.10. The Kier molecular flexibility index (Phi) is 6.73. The lowest BCUT2D eigenvalue weighted by atomic mass is 10.2. The van der Waals surface area contributed by atoms with Crippen molar-refractivity contribution >= 4 is 22.1 Å². The van der Waals surface area contributed by atoms with Crippen LogP contribution in [0.3, 0.4) is 0 Å². The molecule has 0 unspecified atom stereocenters. The van der Waals surface area contributed by atoms with Crippen LogP contribution in [0.1, 0.15) is 17.5 Å². The molecule has 1 amide bonds. The molecule has 0 aromatic heterocycles. The second kappa shape index (κ2) is 9.27. The highest BCUT2D eigenvalue weighted by Gasteiger charge is 2.42. The fraction of sp³-hybridized carbons (Fsp3) is 0.333. The number of hydrogen-bond acceptors (Lipinski definition) is 7. The Labute approximate surface area is 176 Å². The van der Waals surface area contributed by atoms with Crippen LogP contribution in [-0.2, 0) is 30.4 Å². The Balaban J connectivity index is 1.70. The molecule has 1 N–H and O–H groups in total. The molecule has 1 aliphatic rings. The molecule has 2 atom stereocenters. The molecule has 0 spiro atoms. The molecule has 0 bridgehead atoms. The van der Waals surface area contributed by atoms with E-state index in [0.29, 0.717) is 0 Å². The van der Waals surface area contributed by atoms with Crippen molar-refractivity contribution in [2.24, 2.45) is 0 Å². The number of benzene rings is 2. The highest BCUT2D eigenvalue weighted by molar-refractivity contribution is 7.86. The first-order chi connectivity index (χ1) is 14.3. The van der Waals surface area contributed by atoms with Crippen LogP contribution >= 0.6 is 0 Å². The van der Waals surface area contributed by atoms with E-state index in [4.69, 9.17) is 19.1 Å². The number of likely N-dealkylation sites (tertiary alicyclic amines) is 1. The van der Waals surface area contributed by atoms with Gasteiger partial charge in [-0.2, -0.15) is 8.42 Å². The van der Waals surface area contributed by atoms with Crippen LogP contribution in [0, 0.1) is 12.3 Å². The summed E-state index contributed by atoms with van der Waals surface area (Å²) in [4.78, 5) is 13.9. The van der Waals surface area contributed by atoms with Crippen LogP contribution < -0.4 is 0 Å². The lowest BCUT2D eigenvalue weighted by molar-refractivity contribution is 0.0930. The number of aryl methyl sites for hydroxylation is 1. The van der Waals surface area contributed by atoms with Gasteiger partial charge in [-0.05, 0) is 24.6 Å². The van der Waals surface area contributed by atoms with Gasteiger partial charge in [0.25, 0.3) is 10.1 Å². The highest BCUT2D eigenvalue weighted by atomic mass is 32.2. The van der Waals surface area contributed by atoms with Crippen molar-refractivity contribution in [2.45, 2.75) is 37.0 Å². The lowest BCUT2D eigenvalue weighted by Crippen LogP contribution is -2.41. The average Bonchev–Trinajstić information content (AvgIpc) is 3.15. The van der Waals surface area contributed by atoms with E-state index in [1.54, 1.807) is 12.1 Å². The van der Waals surface area contributed by atoms with Crippen molar-refractivity contribution in [3.05, 3.63) is 65.7 Å². The quantitative estimate of drug-likeness (QED) is 0.427. The van der Waals surface area contributed by atoms with Gasteiger partial charge in [-0.25, -0.2) is 4.79 Å². The number of nitrogens with one attached hydrogen (secondary N) is 1. The van der Waals surface area contributed by atoms with E-state index in [0.717, 1.165) is 11.1 Å². The van der Waals surface area contributed by atoms with E-state index >= 15 is 0 Å². The molecule has 30 heavy (non-hydrogen) atoms.